The van der Waals surface area contributed by atoms with E-state index in [0.717, 1.165) is 11.8 Å². The first-order valence-electron chi connectivity index (χ1n) is 6.32. The molecule has 0 heterocycles. The fourth-order valence-corrected chi connectivity index (χ4v) is 2.15. The topological polar surface area (TPSA) is 72.5 Å². The van der Waals surface area contributed by atoms with E-state index in [1.54, 1.807) is 6.07 Å². The quantitative estimate of drug-likeness (QED) is 0.903. The number of amides is 1. The van der Waals surface area contributed by atoms with Gasteiger partial charge in [-0.15, -0.1) is 0 Å². The van der Waals surface area contributed by atoms with Gasteiger partial charge >= 0.3 is 0 Å². The first kappa shape index (κ1) is 16.5. The van der Waals surface area contributed by atoms with Crippen LogP contribution in [0.3, 0.4) is 0 Å². The standard InChI is InChI=1S/C14H21NO4S/c1-10(2)11-7-6-8-12(9-11)19-14(3,4)13(16)15-20(5,17)18/h6-10H,1-5H3,(H,15,16). The molecule has 0 radical (unpaired) electrons. The van der Waals surface area contributed by atoms with Crippen molar-refractivity contribution in [2.45, 2.75) is 39.2 Å². The van der Waals surface area contributed by atoms with E-state index in [9.17, 15) is 13.2 Å². The Morgan fingerprint density at radius 1 is 1.30 bits per heavy atom. The Morgan fingerprint density at radius 3 is 2.40 bits per heavy atom. The number of sulfonamides is 1. The minimum Gasteiger partial charge on any atom is -0.478 e. The monoisotopic (exact) mass is 299 g/mol. The molecule has 0 aliphatic heterocycles. The third-order valence-electron chi connectivity index (χ3n) is 2.72. The van der Waals surface area contributed by atoms with Gasteiger partial charge in [-0.05, 0) is 37.5 Å². The molecule has 0 aliphatic carbocycles. The number of nitrogens with one attached hydrogen (secondary N) is 1. The molecular formula is C14H21NO4S. The van der Waals surface area contributed by atoms with Crippen molar-refractivity contribution in [3.8, 4) is 5.75 Å². The maximum absolute atomic E-state index is 11.9. The fourth-order valence-electron chi connectivity index (χ4n) is 1.57. The maximum Gasteiger partial charge on any atom is 0.277 e. The van der Waals surface area contributed by atoms with E-state index >= 15 is 0 Å². The molecule has 0 spiro atoms. The van der Waals surface area contributed by atoms with Gasteiger partial charge in [-0.25, -0.2) is 13.1 Å². The molecule has 1 N–H and O–H groups in total. The van der Waals surface area contributed by atoms with Gasteiger partial charge in [0.2, 0.25) is 10.0 Å². The van der Waals surface area contributed by atoms with Crippen molar-refractivity contribution in [3.63, 3.8) is 0 Å². The van der Waals surface area contributed by atoms with E-state index < -0.39 is 21.5 Å². The largest absolute Gasteiger partial charge is 0.478 e. The van der Waals surface area contributed by atoms with E-state index in [1.807, 2.05) is 22.9 Å². The van der Waals surface area contributed by atoms with Crippen LogP contribution in [0.25, 0.3) is 0 Å². The molecule has 1 amide bonds. The van der Waals surface area contributed by atoms with Gasteiger partial charge in [-0.1, -0.05) is 26.0 Å². The highest BCUT2D eigenvalue weighted by Gasteiger charge is 2.32. The molecule has 5 nitrogen and oxygen atoms in total. The lowest BCUT2D eigenvalue weighted by atomic mass is 10.0. The summed E-state index contributed by atoms with van der Waals surface area (Å²) in [4.78, 5) is 11.9. The van der Waals surface area contributed by atoms with Crippen LogP contribution in [0.4, 0.5) is 0 Å². The second-order valence-corrected chi connectivity index (χ2v) is 7.29. The van der Waals surface area contributed by atoms with Gasteiger partial charge in [-0.3, -0.25) is 4.79 Å². The Labute approximate surface area is 120 Å². The second-order valence-electron chi connectivity index (χ2n) is 5.54. The highest BCUT2D eigenvalue weighted by atomic mass is 32.2. The molecule has 0 atom stereocenters. The zero-order valence-electron chi connectivity index (χ0n) is 12.4. The Bertz CT molecular complexity index is 591. The molecule has 0 saturated carbocycles. The van der Waals surface area contributed by atoms with Crippen molar-refractivity contribution in [1.82, 2.24) is 4.72 Å². The van der Waals surface area contributed by atoms with Crippen LogP contribution in [0, 0.1) is 0 Å². The van der Waals surface area contributed by atoms with Crippen LogP contribution in [0.1, 0.15) is 39.2 Å². The van der Waals surface area contributed by atoms with Crippen molar-refractivity contribution in [2.24, 2.45) is 0 Å². The highest BCUT2D eigenvalue weighted by Crippen LogP contribution is 2.23. The van der Waals surface area contributed by atoms with Crippen LogP contribution in [-0.2, 0) is 14.8 Å². The number of carbonyl (C=O) groups is 1. The summed E-state index contributed by atoms with van der Waals surface area (Å²) in [5.74, 6) is 0.173. The van der Waals surface area contributed by atoms with Gasteiger partial charge in [-0.2, -0.15) is 0 Å². The number of hydrogen-bond donors (Lipinski definition) is 1. The van der Waals surface area contributed by atoms with Crippen LogP contribution < -0.4 is 9.46 Å². The minimum absolute atomic E-state index is 0.339. The van der Waals surface area contributed by atoms with Gasteiger partial charge in [0.25, 0.3) is 5.91 Å². The zero-order valence-corrected chi connectivity index (χ0v) is 13.2. The van der Waals surface area contributed by atoms with Crippen LogP contribution in [0.15, 0.2) is 24.3 Å². The lowest BCUT2D eigenvalue weighted by molar-refractivity contribution is -0.132. The summed E-state index contributed by atoms with van der Waals surface area (Å²) in [5, 5.41) is 0. The molecule has 1 aromatic carbocycles. The summed E-state index contributed by atoms with van der Waals surface area (Å²) < 4.78 is 29.7. The lowest BCUT2D eigenvalue weighted by Gasteiger charge is -2.25. The van der Waals surface area contributed by atoms with Crippen LogP contribution in [0.5, 0.6) is 5.75 Å². The summed E-state index contributed by atoms with van der Waals surface area (Å²) in [5.41, 5.74) is -0.194. The Hall–Kier alpha value is -1.56. The van der Waals surface area contributed by atoms with Gasteiger partial charge in [0.15, 0.2) is 5.60 Å². The molecule has 0 bridgehead atoms. The van der Waals surface area contributed by atoms with Crippen LogP contribution in [0.2, 0.25) is 0 Å². The lowest BCUT2D eigenvalue weighted by Crippen LogP contribution is -2.48. The molecule has 0 aromatic heterocycles. The predicted octanol–water partition coefficient (Wildman–Crippen LogP) is 2.04. The van der Waals surface area contributed by atoms with Gasteiger partial charge in [0, 0.05) is 0 Å². The summed E-state index contributed by atoms with van der Waals surface area (Å²) in [7, 11) is -3.60. The van der Waals surface area contributed by atoms with Crippen molar-refractivity contribution >= 4 is 15.9 Å². The van der Waals surface area contributed by atoms with E-state index in [4.69, 9.17) is 4.74 Å². The third-order valence-corrected chi connectivity index (χ3v) is 3.28. The Balaban J connectivity index is 2.90. The maximum atomic E-state index is 11.9. The zero-order chi connectivity index (χ0) is 15.6. The molecule has 112 valence electrons. The molecule has 0 fully saturated rings. The number of ether oxygens (including phenoxy) is 1. The number of hydrogen-bond acceptors (Lipinski definition) is 4. The normalized spacial score (nSPS) is 12.3. The summed E-state index contributed by atoms with van der Waals surface area (Å²) >= 11 is 0. The van der Waals surface area contributed by atoms with Crippen molar-refractivity contribution in [1.29, 1.82) is 0 Å². The van der Waals surface area contributed by atoms with Gasteiger partial charge < -0.3 is 4.74 Å². The van der Waals surface area contributed by atoms with E-state index in [-0.39, 0.29) is 0 Å². The second kappa shape index (κ2) is 5.83. The van der Waals surface area contributed by atoms with Crippen molar-refractivity contribution < 1.29 is 17.9 Å². The van der Waals surface area contributed by atoms with Crippen molar-refractivity contribution in [2.75, 3.05) is 6.26 Å². The first-order chi connectivity index (χ1) is 9.01. The molecule has 0 saturated heterocycles. The molecule has 0 unspecified atom stereocenters. The number of rotatable bonds is 5. The minimum atomic E-state index is -3.60. The van der Waals surface area contributed by atoms with Crippen LogP contribution >= 0.6 is 0 Å². The summed E-state index contributed by atoms with van der Waals surface area (Å²) in [6, 6.07) is 7.40. The Morgan fingerprint density at radius 2 is 1.90 bits per heavy atom. The molecule has 1 aromatic rings. The van der Waals surface area contributed by atoms with Crippen molar-refractivity contribution in [3.05, 3.63) is 29.8 Å². The highest BCUT2D eigenvalue weighted by molar-refractivity contribution is 7.89. The number of benzene rings is 1. The predicted molar refractivity (Wildman–Crippen MR) is 78.2 cm³/mol. The van der Waals surface area contributed by atoms with Gasteiger partial charge in [0.1, 0.15) is 5.75 Å². The van der Waals surface area contributed by atoms with Crippen LogP contribution in [-0.4, -0.2) is 26.2 Å². The smallest absolute Gasteiger partial charge is 0.277 e. The van der Waals surface area contributed by atoms with E-state index in [2.05, 4.69) is 13.8 Å². The summed E-state index contributed by atoms with van der Waals surface area (Å²) in [6.45, 7) is 7.16. The molecule has 6 heteroatoms. The third kappa shape index (κ3) is 4.85. The molecule has 1 rings (SSSR count). The first-order valence-corrected chi connectivity index (χ1v) is 8.21. The summed E-state index contributed by atoms with van der Waals surface area (Å²) in [6.07, 6.45) is 0.931. The Kier molecular flexibility index (Phi) is 4.81. The van der Waals surface area contributed by atoms with E-state index in [1.165, 1.54) is 13.8 Å². The number of carbonyl (C=O) groups excluding carboxylic acids is 1. The van der Waals surface area contributed by atoms with Gasteiger partial charge in [0.05, 0.1) is 6.26 Å². The molecule has 20 heavy (non-hydrogen) atoms. The molecular weight excluding hydrogens is 278 g/mol. The fraction of sp³-hybridized carbons (Fsp3) is 0.500. The SMILES string of the molecule is CC(C)c1cccc(OC(C)(C)C(=O)NS(C)(=O)=O)c1. The average Bonchev–Trinajstić information content (AvgIpc) is 2.26. The average molecular weight is 299 g/mol. The molecule has 0 aliphatic rings. The van der Waals surface area contributed by atoms with E-state index in [0.29, 0.717) is 11.7 Å².